The maximum atomic E-state index is 13.1. The Morgan fingerprint density at radius 1 is 1.00 bits per heavy atom. The first-order valence-corrected chi connectivity index (χ1v) is 8.60. The molecule has 2 aromatic rings. The number of nitro groups is 1. The van der Waals surface area contributed by atoms with Gasteiger partial charge in [0.25, 0.3) is 0 Å². The van der Waals surface area contributed by atoms with Crippen molar-refractivity contribution < 1.29 is 23.2 Å². The van der Waals surface area contributed by atoms with E-state index in [0.717, 1.165) is 6.07 Å². The predicted octanol–water partition coefficient (Wildman–Crippen LogP) is 5.30. The van der Waals surface area contributed by atoms with E-state index < -0.39 is 10.7 Å². The van der Waals surface area contributed by atoms with E-state index in [0.29, 0.717) is 21.5 Å². The fraction of sp³-hybridized carbons (Fsp3) is 0.250. The van der Waals surface area contributed by atoms with Gasteiger partial charge in [-0.2, -0.15) is 0 Å². The minimum atomic E-state index is -0.688. The molecule has 0 bridgehead atoms. The molecule has 142 valence electrons. The first-order valence-electron chi connectivity index (χ1n) is 7.01. The highest BCUT2D eigenvalue weighted by molar-refractivity contribution is 9.11. The van der Waals surface area contributed by atoms with Gasteiger partial charge in [0, 0.05) is 17.2 Å². The van der Waals surface area contributed by atoms with Crippen molar-refractivity contribution in [3.05, 3.63) is 54.0 Å². The first kappa shape index (κ1) is 22.1. The van der Waals surface area contributed by atoms with Crippen LogP contribution in [0.5, 0.6) is 11.5 Å². The number of hydrogen-bond donors (Lipinski definition) is 1. The molecule has 0 saturated carbocycles. The molecule has 6 nitrogen and oxygen atoms in total. The molecule has 0 aliphatic carbocycles. The maximum absolute atomic E-state index is 13.1. The number of rotatable bonds is 3. The summed E-state index contributed by atoms with van der Waals surface area (Å²) >= 11 is 6.24. The molecule has 0 spiro atoms. The zero-order chi connectivity index (χ0) is 20.2. The summed E-state index contributed by atoms with van der Waals surface area (Å²) in [6, 6.07) is 2.10. The van der Waals surface area contributed by atoms with Crippen molar-refractivity contribution >= 4 is 43.2 Å². The summed E-state index contributed by atoms with van der Waals surface area (Å²) < 4.78 is 36.8. The van der Waals surface area contributed by atoms with Crippen molar-refractivity contribution in [2.75, 3.05) is 20.0 Å². The van der Waals surface area contributed by atoms with Crippen LogP contribution in [-0.2, 0) is 0 Å². The van der Waals surface area contributed by atoms with Gasteiger partial charge in [0.1, 0.15) is 11.6 Å². The number of methoxy groups -OCH3 is 2. The van der Waals surface area contributed by atoms with Crippen LogP contribution in [0.1, 0.15) is 11.1 Å². The molecular weight excluding hydrogens is 482 g/mol. The van der Waals surface area contributed by atoms with Crippen LogP contribution < -0.4 is 15.2 Å². The zero-order valence-electron chi connectivity index (χ0n) is 14.3. The SMILES string of the molecule is COc1c(N)cc(F)c(C)c1Br.COc1c([N+](=O)[O-])cc(F)c(C)c1Br. The van der Waals surface area contributed by atoms with Crippen LogP contribution >= 0.6 is 31.9 Å². The molecule has 2 aromatic carbocycles. The second-order valence-corrected chi connectivity index (χ2v) is 6.61. The van der Waals surface area contributed by atoms with Crippen LogP contribution in [0.4, 0.5) is 20.2 Å². The van der Waals surface area contributed by atoms with Gasteiger partial charge in [0.15, 0.2) is 5.75 Å². The van der Waals surface area contributed by atoms with Crippen molar-refractivity contribution in [2.45, 2.75) is 13.8 Å². The number of anilines is 1. The molecule has 0 amide bonds. The number of halogens is 4. The quantitative estimate of drug-likeness (QED) is 0.353. The molecule has 0 aliphatic heterocycles. The Morgan fingerprint density at radius 2 is 1.42 bits per heavy atom. The molecule has 0 saturated heterocycles. The summed E-state index contributed by atoms with van der Waals surface area (Å²) in [6.07, 6.45) is 0. The Bertz CT molecular complexity index is 848. The molecular formula is C16H16Br2F2N2O4. The molecule has 0 heterocycles. The largest absolute Gasteiger partial charge is 0.493 e. The monoisotopic (exact) mass is 496 g/mol. The minimum Gasteiger partial charge on any atom is -0.493 e. The highest BCUT2D eigenvalue weighted by atomic mass is 79.9. The zero-order valence-corrected chi connectivity index (χ0v) is 17.5. The Morgan fingerprint density at radius 3 is 1.85 bits per heavy atom. The minimum absolute atomic E-state index is 0.0360. The van der Waals surface area contributed by atoms with Gasteiger partial charge in [-0.1, -0.05) is 0 Å². The third-order valence-corrected chi connectivity index (χ3v) is 5.33. The highest BCUT2D eigenvalue weighted by Crippen LogP contribution is 2.38. The van der Waals surface area contributed by atoms with E-state index in [9.17, 15) is 18.9 Å². The number of benzene rings is 2. The molecule has 0 radical (unpaired) electrons. The van der Waals surface area contributed by atoms with Gasteiger partial charge in [0.2, 0.25) is 5.75 Å². The molecule has 0 unspecified atom stereocenters. The van der Waals surface area contributed by atoms with E-state index in [2.05, 4.69) is 31.9 Å². The number of nitrogen functional groups attached to an aromatic ring is 1. The topological polar surface area (TPSA) is 87.6 Å². The summed E-state index contributed by atoms with van der Waals surface area (Å²) in [5, 5.41) is 10.5. The predicted molar refractivity (Wildman–Crippen MR) is 102 cm³/mol. The molecule has 2 rings (SSSR count). The van der Waals surface area contributed by atoms with Gasteiger partial charge >= 0.3 is 5.69 Å². The van der Waals surface area contributed by atoms with E-state index >= 15 is 0 Å². The second kappa shape index (κ2) is 9.13. The summed E-state index contributed by atoms with van der Waals surface area (Å²) in [7, 11) is 2.79. The van der Waals surface area contributed by atoms with Gasteiger partial charge in [0.05, 0.1) is 39.8 Å². The standard InChI is InChI=1S/C8H7BrFNO3.C8H9BrFNO/c1-4-5(10)3-6(11(12)13)8(14-2)7(4)9;1-4-5(10)3-6(11)8(12-2)7(4)9/h3H,1-2H3;3H,11H2,1-2H3. The first-order chi connectivity index (χ1) is 12.1. The normalized spacial score (nSPS) is 10.0. The number of nitrogens with zero attached hydrogens (tertiary/aromatic N) is 1. The lowest BCUT2D eigenvalue weighted by atomic mass is 10.2. The van der Waals surface area contributed by atoms with E-state index in [1.165, 1.54) is 27.2 Å². The summed E-state index contributed by atoms with van der Waals surface area (Å²) in [5.74, 6) is -0.452. The molecule has 2 N–H and O–H groups in total. The number of ether oxygens (including phenoxy) is 2. The number of nitrogens with two attached hydrogens (primary N) is 1. The average Bonchev–Trinajstić information content (AvgIpc) is 2.58. The lowest BCUT2D eigenvalue weighted by molar-refractivity contribution is -0.386. The third-order valence-electron chi connectivity index (χ3n) is 3.42. The lowest BCUT2D eigenvalue weighted by Crippen LogP contribution is -1.98. The molecule has 10 heteroatoms. The van der Waals surface area contributed by atoms with E-state index in [4.69, 9.17) is 15.2 Å². The summed E-state index contributed by atoms with van der Waals surface area (Å²) in [4.78, 5) is 9.85. The van der Waals surface area contributed by atoms with Gasteiger partial charge in [-0.15, -0.1) is 0 Å². The van der Waals surface area contributed by atoms with Crippen molar-refractivity contribution in [2.24, 2.45) is 0 Å². The molecule has 0 aliphatic rings. The summed E-state index contributed by atoms with van der Waals surface area (Å²) in [6.45, 7) is 3.16. The van der Waals surface area contributed by atoms with E-state index in [-0.39, 0.29) is 27.3 Å². The number of nitro benzene ring substituents is 1. The Labute approximate surface area is 165 Å². The van der Waals surface area contributed by atoms with E-state index in [1.54, 1.807) is 6.92 Å². The second-order valence-electron chi connectivity index (χ2n) is 5.03. The van der Waals surface area contributed by atoms with Crippen LogP contribution in [0.3, 0.4) is 0 Å². The fourth-order valence-corrected chi connectivity index (χ4v) is 3.07. The third kappa shape index (κ3) is 4.61. The van der Waals surface area contributed by atoms with Gasteiger partial charge in [-0.3, -0.25) is 10.1 Å². The van der Waals surface area contributed by atoms with Crippen LogP contribution in [-0.4, -0.2) is 19.1 Å². The van der Waals surface area contributed by atoms with Crippen LogP contribution in [0.25, 0.3) is 0 Å². The summed E-state index contributed by atoms with van der Waals surface area (Å²) in [5.41, 5.74) is 6.20. The Kier molecular flexibility index (Phi) is 7.76. The van der Waals surface area contributed by atoms with Crippen LogP contribution in [0.15, 0.2) is 21.1 Å². The Hall–Kier alpha value is -1.94. The molecule has 0 fully saturated rings. The van der Waals surface area contributed by atoms with Crippen molar-refractivity contribution in [1.82, 2.24) is 0 Å². The molecule has 26 heavy (non-hydrogen) atoms. The lowest BCUT2D eigenvalue weighted by Gasteiger charge is -2.09. The Balaban J connectivity index is 0.000000263. The molecule has 0 aromatic heterocycles. The van der Waals surface area contributed by atoms with Crippen molar-refractivity contribution in [1.29, 1.82) is 0 Å². The van der Waals surface area contributed by atoms with Crippen molar-refractivity contribution in [3.63, 3.8) is 0 Å². The van der Waals surface area contributed by atoms with Crippen LogP contribution in [0.2, 0.25) is 0 Å². The van der Waals surface area contributed by atoms with Gasteiger partial charge in [-0.05, 0) is 45.7 Å². The van der Waals surface area contributed by atoms with Gasteiger partial charge in [-0.25, -0.2) is 8.78 Å². The van der Waals surface area contributed by atoms with E-state index in [1.807, 2.05) is 0 Å². The smallest absolute Gasteiger partial charge is 0.315 e. The fourth-order valence-electron chi connectivity index (χ4n) is 1.93. The number of hydrogen-bond acceptors (Lipinski definition) is 5. The van der Waals surface area contributed by atoms with Crippen LogP contribution in [0, 0.1) is 35.6 Å². The average molecular weight is 498 g/mol. The van der Waals surface area contributed by atoms with Crippen molar-refractivity contribution in [3.8, 4) is 11.5 Å². The van der Waals surface area contributed by atoms with Gasteiger partial charge < -0.3 is 15.2 Å². The molecule has 0 atom stereocenters. The highest BCUT2D eigenvalue weighted by Gasteiger charge is 2.22. The maximum Gasteiger partial charge on any atom is 0.315 e.